The van der Waals surface area contributed by atoms with Crippen LogP contribution in [-0.2, 0) is 0 Å². The van der Waals surface area contributed by atoms with Crippen molar-refractivity contribution < 1.29 is 0 Å². The van der Waals surface area contributed by atoms with E-state index in [1.165, 1.54) is 45.2 Å². The maximum Gasteiger partial charge on any atom is 0.0920 e. The molecule has 2 fully saturated rings. The van der Waals surface area contributed by atoms with Crippen LogP contribution < -0.4 is 0 Å². The van der Waals surface area contributed by atoms with Crippen molar-refractivity contribution in [3.05, 3.63) is 17.1 Å². The predicted octanol–water partition coefficient (Wildman–Crippen LogP) is 3.35. The third-order valence-corrected chi connectivity index (χ3v) is 5.19. The van der Waals surface area contributed by atoms with Crippen LogP contribution in [0, 0.1) is 16.7 Å². The van der Waals surface area contributed by atoms with Crippen LogP contribution in [0.2, 0.25) is 0 Å². The Morgan fingerprint density at radius 1 is 1.11 bits per heavy atom. The van der Waals surface area contributed by atoms with Crippen molar-refractivity contribution in [1.29, 1.82) is 0 Å². The molecular weight excluding hydrogens is 224 g/mol. The van der Waals surface area contributed by atoms with Gasteiger partial charge in [-0.1, -0.05) is 17.3 Å². The Morgan fingerprint density at radius 3 is 2.72 bits per heavy atom. The Bertz CT molecular complexity index is 320. The maximum atomic E-state index is 10.5. The molecule has 3 rings (SSSR count). The standard InChI is InChI=1S/C15H24N2O/c18-16-14-7-5-12(6-8-14)11-17-10-9-13-3-1-2-4-15(13)17/h2,4,12-15H,1,3,5-11H2. The predicted molar refractivity (Wildman–Crippen MR) is 73.4 cm³/mol. The molecule has 0 amide bonds. The highest BCUT2D eigenvalue weighted by atomic mass is 16.3. The molecule has 3 nitrogen and oxygen atoms in total. The van der Waals surface area contributed by atoms with Crippen LogP contribution in [0.25, 0.3) is 0 Å². The molecule has 2 atom stereocenters. The van der Waals surface area contributed by atoms with Crippen molar-refractivity contribution in [1.82, 2.24) is 4.90 Å². The lowest BCUT2D eigenvalue weighted by Gasteiger charge is -2.33. The number of rotatable bonds is 3. The summed E-state index contributed by atoms with van der Waals surface area (Å²) in [7, 11) is 0. The van der Waals surface area contributed by atoms with Crippen LogP contribution in [0.1, 0.15) is 44.9 Å². The monoisotopic (exact) mass is 248 g/mol. The molecule has 0 aromatic heterocycles. The van der Waals surface area contributed by atoms with Gasteiger partial charge < -0.3 is 0 Å². The smallest absolute Gasteiger partial charge is 0.0920 e. The van der Waals surface area contributed by atoms with Crippen LogP contribution in [0.4, 0.5) is 0 Å². The van der Waals surface area contributed by atoms with E-state index in [-0.39, 0.29) is 6.04 Å². The average molecular weight is 248 g/mol. The number of hydrogen-bond donors (Lipinski definition) is 0. The quantitative estimate of drug-likeness (QED) is 0.567. The van der Waals surface area contributed by atoms with E-state index in [2.05, 4.69) is 22.2 Å². The first-order chi connectivity index (χ1) is 8.86. The summed E-state index contributed by atoms with van der Waals surface area (Å²) in [5, 5.41) is 3.20. The number of nitroso groups, excluding NO2 is 1. The Morgan fingerprint density at radius 2 is 1.94 bits per heavy atom. The van der Waals surface area contributed by atoms with Gasteiger partial charge in [0.15, 0.2) is 0 Å². The fourth-order valence-electron chi connectivity index (χ4n) is 4.07. The summed E-state index contributed by atoms with van der Waals surface area (Å²) >= 11 is 0. The molecule has 0 bridgehead atoms. The van der Waals surface area contributed by atoms with Gasteiger partial charge in [0.1, 0.15) is 0 Å². The minimum Gasteiger partial charge on any atom is -0.296 e. The summed E-state index contributed by atoms with van der Waals surface area (Å²) < 4.78 is 0. The molecule has 100 valence electrons. The zero-order valence-electron chi connectivity index (χ0n) is 11.1. The molecule has 1 saturated carbocycles. The van der Waals surface area contributed by atoms with Crippen molar-refractivity contribution in [3.8, 4) is 0 Å². The molecule has 3 heteroatoms. The van der Waals surface area contributed by atoms with Crippen molar-refractivity contribution in [3.63, 3.8) is 0 Å². The second-order valence-electron chi connectivity index (χ2n) is 6.32. The lowest BCUT2D eigenvalue weighted by molar-refractivity contribution is 0.186. The van der Waals surface area contributed by atoms with Crippen molar-refractivity contribution >= 4 is 0 Å². The van der Waals surface area contributed by atoms with Gasteiger partial charge in [-0.25, -0.2) is 0 Å². The molecule has 2 aliphatic carbocycles. The molecule has 1 saturated heterocycles. The minimum atomic E-state index is 0.113. The molecule has 2 unspecified atom stereocenters. The van der Waals surface area contributed by atoms with Crippen LogP contribution in [0.15, 0.2) is 17.3 Å². The van der Waals surface area contributed by atoms with Crippen molar-refractivity contribution in [2.75, 3.05) is 13.1 Å². The second kappa shape index (κ2) is 5.52. The SMILES string of the molecule is O=NC1CCC(CN2CCC3CCC=CC32)CC1. The van der Waals surface area contributed by atoms with E-state index in [0.29, 0.717) is 0 Å². The van der Waals surface area contributed by atoms with Gasteiger partial charge in [-0.3, -0.25) is 4.90 Å². The Labute approximate surface area is 110 Å². The molecular formula is C15H24N2O. The average Bonchev–Trinajstić information content (AvgIpc) is 2.83. The highest BCUT2D eigenvalue weighted by Gasteiger charge is 2.35. The van der Waals surface area contributed by atoms with Gasteiger partial charge in [-0.05, 0) is 63.3 Å². The Kier molecular flexibility index (Phi) is 3.78. The lowest BCUT2D eigenvalue weighted by atomic mass is 9.85. The van der Waals surface area contributed by atoms with Gasteiger partial charge in [0.05, 0.1) is 6.04 Å². The molecule has 1 aliphatic heterocycles. The normalized spacial score (nSPS) is 40.7. The van der Waals surface area contributed by atoms with Crippen LogP contribution in [0.3, 0.4) is 0 Å². The molecule has 0 N–H and O–H groups in total. The zero-order valence-corrected chi connectivity index (χ0v) is 11.1. The first-order valence-corrected chi connectivity index (χ1v) is 7.60. The summed E-state index contributed by atoms with van der Waals surface area (Å²) in [6.45, 7) is 2.53. The number of nitrogens with zero attached hydrogens (tertiary/aromatic N) is 2. The van der Waals surface area contributed by atoms with Crippen molar-refractivity contribution in [2.45, 2.75) is 57.0 Å². The summed E-state index contributed by atoms with van der Waals surface area (Å²) in [6, 6.07) is 0.836. The Hall–Kier alpha value is -0.700. The fourth-order valence-corrected chi connectivity index (χ4v) is 4.07. The number of fused-ring (bicyclic) bond motifs is 1. The van der Waals surface area contributed by atoms with Crippen LogP contribution in [-0.4, -0.2) is 30.1 Å². The summed E-state index contributed by atoms with van der Waals surface area (Å²) in [6.07, 6.45) is 13.3. The van der Waals surface area contributed by atoms with Gasteiger partial charge in [-0.15, -0.1) is 0 Å². The lowest BCUT2D eigenvalue weighted by Crippen LogP contribution is -2.37. The van der Waals surface area contributed by atoms with Crippen LogP contribution >= 0.6 is 0 Å². The van der Waals surface area contributed by atoms with E-state index in [1.54, 1.807) is 0 Å². The van der Waals surface area contributed by atoms with E-state index in [9.17, 15) is 4.91 Å². The maximum absolute atomic E-state index is 10.5. The molecule has 18 heavy (non-hydrogen) atoms. The molecule has 1 heterocycles. The van der Waals surface area contributed by atoms with Gasteiger partial charge in [0.25, 0.3) is 0 Å². The number of hydrogen-bond acceptors (Lipinski definition) is 3. The number of likely N-dealkylation sites (tertiary alicyclic amines) is 1. The molecule has 0 radical (unpaired) electrons. The molecule has 0 aromatic carbocycles. The van der Waals surface area contributed by atoms with Crippen LogP contribution in [0.5, 0.6) is 0 Å². The molecule has 3 aliphatic rings. The third-order valence-electron chi connectivity index (χ3n) is 5.19. The first-order valence-electron chi connectivity index (χ1n) is 7.60. The van der Waals surface area contributed by atoms with Gasteiger partial charge >= 0.3 is 0 Å². The summed E-state index contributed by atoms with van der Waals surface area (Å²) in [5.74, 6) is 1.72. The zero-order chi connectivity index (χ0) is 12.4. The van der Waals surface area contributed by atoms with Gasteiger partial charge in [0, 0.05) is 12.6 Å². The summed E-state index contributed by atoms with van der Waals surface area (Å²) in [5.41, 5.74) is 0. The minimum absolute atomic E-state index is 0.113. The highest BCUT2D eigenvalue weighted by Crippen LogP contribution is 2.35. The van der Waals surface area contributed by atoms with Crippen molar-refractivity contribution in [2.24, 2.45) is 17.0 Å². The van der Waals surface area contributed by atoms with E-state index in [0.717, 1.165) is 30.7 Å². The largest absolute Gasteiger partial charge is 0.296 e. The molecule has 0 aromatic rings. The Balaban J connectivity index is 1.52. The van der Waals surface area contributed by atoms with E-state index < -0.39 is 0 Å². The fraction of sp³-hybridized carbons (Fsp3) is 0.867. The third kappa shape index (κ3) is 2.51. The number of allylic oxidation sites excluding steroid dienone is 1. The second-order valence-corrected chi connectivity index (χ2v) is 6.32. The van der Waals surface area contributed by atoms with Gasteiger partial charge in [0.2, 0.25) is 0 Å². The van der Waals surface area contributed by atoms with Gasteiger partial charge in [-0.2, -0.15) is 4.91 Å². The van der Waals surface area contributed by atoms with E-state index in [4.69, 9.17) is 0 Å². The van der Waals surface area contributed by atoms with E-state index in [1.807, 2.05) is 0 Å². The van der Waals surface area contributed by atoms with E-state index >= 15 is 0 Å². The molecule has 0 spiro atoms. The summed E-state index contributed by atoms with van der Waals surface area (Å²) in [4.78, 5) is 13.2. The highest BCUT2D eigenvalue weighted by molar-refractivity contribution is 5.06. The topological polar surface area (TPSA) is 32.7 Å². The first kappa shape index (κ1) is 12.3.